The van der Waals surface area contributed by atoms with Crippen LogP contribution in [0.4, 0.5) is 0 Å². The van der Waals surface area contributed by atoms with Crippen LogP contribution in [0.2, 0.25) is 0 Å². The number of hydrogen-bond donors (Lipinski definition) is 1. The van der Waals surface area contributed by atoms with E-state index in [1.165, 1.54) is 0 Å². The van der Waals surface area contributed by atoms with Crippen molar-refractivity contribution in [3.8, 4) is 0 Å². The zero-order valence-electron chi connectivity index (χ0n) is 9.95. The third kappa shape index (κ3) is 2.59. The van der Waals surface area contributed by atoms with Gasteiger partial charge in [0.1, 0.15) is 0 Å². The van der Waals surface area contributed by atoms with Gasteiger partial charge in [0, 0.05) is 19.4 Å². The summed E-state index contributed by atoms with van der Waals surface area (Å²) in [4.78, 5) is 35.3. The molecule has 0 aromatic rings. The van der Waals surface area contributed by atoms with Crippen LogP contribution in [0.25, 0.3) is 0 Å². The zero-order valence-corrected chi connectivity index (χ0v) is 9.95. The van der Waals surface area contributed by atoms with Crippen LogP contribution in [-0.4, -0.2) is 29.2 Å². The maximum absolute atomic E-state index is 11.9. The Morgan fingerprint density at radius 1 is 1.44 bits per heavy atom. The topological polar surface area (TPSA) is 80.5 Å². The van der Waals surface area contributed by atoms with E-state index in [0.29, 0.717) is 0 Å². The molecule has 3 amide bonds. The summed E-state index contributed by atoms with van der Waals surface area (Å²) >= 11 is 0. The second-order valence-electron chi connectivity index (χ2n) is 5.22. The fourth-order valence-electron chi connectivity index (χ4n) is 1.82. The van der Waals surface area contributed by atoms with Gasteiger partial charge in [-0.3, -0.25) is 19.3 Å². The lowest BCUT2D eigenvalue weighted by molar-refractivity contribution is -0.140. The lowest BCUT2D eigenvalue weighted by Crippen LogP contribution is -2.36. The Labute approximate surface area is 95.0 Å². The van der Waals surface area contributed by atoms with Crippen molar-refractivity contribution >= 4 is 17.7 Å². The van der Waals surface area contributed by atoms with E-state index in [9.17, 15) is 14.4 Å². The first-order chi connectivity index (χ1) is 7.23. The molecule has 0 spiro atoms. The van der Waals surface area contributed by atoms with E-state index in [1.54, 1.807) is 0 Å². The molecule has 0 radical (unpaired) electrons. The number of likely N-dealkylation sites (tertiary alicyclic amines) is 1. The molecule has 0 bridgehead atoms. The smallest absolute Gasteiger partial charge is 0.233 e. The van der Waals surface area contributed by atoms with Gasteiger partial charge in [-0.2, -0.15) is 0 Å². The minimum atomic E-state index is -0.500. The molecule has 1 aliphatic rings. The molecule has 0 aromatic carbocycles. The van der Waals surface area contributed by atoms with Gasteiger partial charge in [-0.25, -0.2) is 0 Å². The van der Waals surface area contributed by atoms with Crippen molar-refractivity contribution in [3.05, 3.63) is 0 Å². The van der Waals surface area contributed by atoms with Crippen molar-refractivity contribution in [2.75, 3.05) is 6.54 Å². The second kappa shape index (κ2) is 4.23. The van der Waals surface area contributed by atoms with Gasteiger partial charge in [-0.15, -0.1) is 0 Å². The Bertz CT molecular complexity index is 331. The van der Waals surface area contributed by atoms with Gasteiger partial charge in [0.15, 0.2) is 0 Å². The maximum Gasteiger partial charge on any atom is 0.233 e. The lowest BCUT2D eigenvalue weighted by Gasteiger charge is -2.24. The average Bonchev–Trinajstić information content (AvgIpc) is 2.38. The Balaban J connectivity index is 2.72. The molecule has 1 rings (SSSR count). The molecule has 2 N–H and O–H groups in total. The largest absolute Gasteiger partial charge is 0.370 e. The summed E-state index contributed by atoms with van der Waals surface area (Å²) in [6.07, 6.45) is 0.273. The van der Waals surface area contributed by atoms with Crippen LogP contribution in [-0.2, 0) is 14.4 Å². The van der Waals surface area contributed by atoms with E-state index in [4.69, 9.17) is 5.73 Å². The fraction of sp³-hybridized carbons (Fsp3) is 0.727. The average molecular weight is 226 g/mol. The number of hydrogen-bond acceptors (Lipinski definition) is 3. The second-order valence-corrected chi connectivity index (χ2v) is 5.22. The number of imide groups is 1. The van der Waals surface area contributed by atoms with Crippen LogP contribution in [0.1, 0.15) is 33.6 Å². The molecule has 5 heteroatoms. The highest BCUT2D eigenvalue weighted by Crippen LogP contribution is 2.35. The fourth-order valence-corrected chi connectivity index (χ4v) is 1.82. The van der Waals surface area contributed by atoms with Gasteiger partial charge >= 0.3 is 0 Å². The minimum Gasteiger partial charge on any atom is -0.370 e. The van der Waals surface area contributed by atoms with Gasteiger partial charge in [0.2, 0.25) is 17.7 Å². The van der Waals surface area contributed by atoms with Gasteiger partial charge in [-0.1, -0.05) is 20.8 Å². The minimum absolute atomic E-state index is 0.0361. The maximum atomic E-state index is 11.9. The Morgan fingerprint density at radius 2 is 2.00 bits per heavy atom. The van der Waals surface area contributed by atoms with E-state index >= 15 is 0 Å². The molecule has 1 atom stereocenters. The van der Waals surface area contributed by atoms with Gasteiger partial charge < -0.3 is 5.73 Å². The van der Waals surface area contributed by atoms with Crippen LogP contribution in [0.5, 0.6) is 0 Å². The number of carbonyl (C=O) groups is 3. The summed E-state index contributed by atoms with van der Waals surface area (Å²) in [6, 6.07) is 0. The van der Waals surface area contributed by atoms with Crippen molar-refractivity contribution in [3.63, 3.8) is 0 Å². The third-order valence-corrected chi connectivity index (χ3v) is 2.87. The summed E-state index contributed by atoms with van der Waals surface area (Å²) in [5, 5.41) is 0. The standard InChI is InChI=1S/C11H18N2O3/c1-11(2,3)7-6-9(15)13(10(7)16)5-4-8(12)14/h7H,4-6H2,1-3H3,(H2,12,14). The molecular weight excluding hydrogens is 208 g/mol. The number of rotatable bonds is 3. The van der Waals surface area contributed by atoms with E-state index in [0.717, 1.165) is 4.90 Å². The van der Waals surface area contributed by atoms with Gasteiger partial charge in [0.25, 0.3) is 0 Å². The van der Waals surface area contributed by atoms with Crippen molar-refractivity contribution in [2.24, 2.45) is 17.1 Å². The first-order valence-corrected chi connectivity index (χ1v) is 5.36. The molecule has 0 aromatic heterocycles. The van der Waals surface area contributed by atoms with Crippen LogP contribution in [0, 0.1) is 11.3 Å². The summed E-state index contributed by atoms with van der Waals surface area (Å²) < 4.78 is 0. The first kappa shape index (κ1) is 12.7. The van der Waals surface area contributed by atoms with Gasteiger partial charge in [-0.05, 0) is 5.41 Å². The molecule has 1 heterocycles. The highest BCUT2D eigenvalue weighted by molar-refractivity contribution is 6.04. The van der Waals surface area contributed by atoms with Crippen LogP contribution < -0.4 is 5.73 Å². The predicted octanol–water partition coefficient (Wildman–Crippen LogP) is 0.283. The number of amides is 3. The Morgan fingerprint density at radius 3 is 2.38 bits per heavy atom. The van der Waals surface area contributed by atoms with E-state index in [1.807, 2.05) is 20.8 Å². The lowest BCUT2D eigenvalue weighted by atomic mass is 9.80. The molecule has 1 fully saturated rings. The summed E-state index contributed by atoms with van der Waals surface area (Å²) in [7, 11) is 0. The van der Waals surface area contributed by atoms with Crippen LogP contribution in [0.3, 0.4) is 0 Å². The number of primary amides is 1. The van der Waals surface area contributed by atoms with E-state index in [-0.39, 0.29) is 42.5 Å². The van der Waals surface area contributed by atoms with E-state index in [2.05, 4.69) is 0 Å². The highest BCUT2D eigenvalue weighted by atomic mass is 16.2. The van der Waals surface area contributed by atoms with Crippen molar-refractivity contribution in [2.45, 2.75) is 33.6 Å². The number of nitrogens with zero attached hydrogens (tertiary/aromatic N) is 1. The summed E-state index contributed by atoms with van der Waals surface area (Å²) in [5.41, 5.74) is 4.77. The molecule has 1 saturated heterocycles. The molecule has 90 valence electrons. The molecule has 1 unspecified atom stereocenters. The van der Waals surface area contributed by atoms with E-state index < -0.39 is 5.91 Å². The Kier molecular flexibility index (Phi) is 3.35. The summed E-state index contributed by atoms with van der Waals surface area (Å²) in [5.74, 6) is -1.17. The van der Waals surface area contributed by atoms with Gasteiger partial charge in [0.05, 0.1) is 5.92 Å². The van der Waals surface area contributed by atoms with Crippen LogP contribution >= 0.6 is 0 Å². The number of carbonyl (C=O) groups excluding carboxylic acids is 3. The quantitative estimate of drug-likeness (QED) is 0.702. The molecule has 16 heavy (non-hydrogen) atoms. The molecule has 0 saturated carbocycles. The third-order valence-electron chi connectivity index (χ3n) is 2.87. The predicted molar refractivity (Wildman–Crippen MR) is 58.1 cm³/mol. The number of nitrogens with two attached hydrogens (primary N) is 1. The molecular formula is C11H18N2O3. The monoisotopic (exact) mass is 226 g/mol. The van der Waals surface area contributed by atoms with Crippen molar-refractivity contribution < 1.29 is 14.4 Å². The first-order valence-electron chi connectivity index (χ1n) is 5.36. The molecule has 1 aliphatic heterocycles. The van der Waals surface area contributed by atoms with Crippen molar-refractivity contribution in [1.82, 2.24) is 4.90 Å². The zero-order chi connectivity index (χ0) is 12.5. The van der Waals surface area contributed by atoms with Crippen molar-refractivity contribution in [1.29, 1.82) is 0 Å². The Hall–Kier alpha value is -1.39. The SMILES string of the molecule is CC(C)(C)C1CC(=O)N(CCC(N)=O)C1=O. The highest BCUT2D eigenvalue weighted by Gasteiger charge is 2.44. The normalized spacial score (nSPS) is 21.7. The molecule has 5 nitrogen and oxygen atoms in total. The summed E-state index contributed by atoms with van der Waals surface area (Å²) in [6.45, 7) is 5.90. The van der Waals surface area contributed by atoms with Crippen LogP contribution in [0.15, 0.2) is 0 Å². The molecule has 0 aliphatic carbocycles.